The van der Waals surface area contributed by atoms with Gasteiger partial charge in [-0.2, -0.15) is 4.98 Å². The maximum atomic E-state index is 15.0. The predicted octanol–water partition coefficient (Wildman–Crippen LogP) is 7.49. The van der Waals surface area contributed by atoms with Crippen LogP contribution < -0.4 is 10.2 Å². The van der Waals surface area contributed by atoms with Gasteiger partial charge >= 0.3 is 5.91 Å². The van der Waals surface area contributed by atoms with E-state index < -0.39 is 17.5 Å². The minimum absolute atomic E-state index is 0.143. The average molecular weight is 563 g/mol. The van der Waals surface area contributed by atoms with E-state index in [4.69, 9.17) is 4.98 Å². The lowest BCUT2D eigenvalue weighted by Crippen LogP contribution is -2.26. The quantitative estimate of drug-likeness (QED) is 0.202. The fourth-order valence-corrected chi connectivity index (χ4v) is 4.62. The number of nitroso groups, excluding NO2 is 1. The molecule has 2 heterocycles. The summed E-state index contributed by atoms with van der Waals surface area (Å²) in [7, 11) is 0. The van der Waals surface area contributed by atoms with Crippen LogP contribution in [0.5, 0.6) is 0 Å². The van der Waals surface area contributed by atoms with E-state index in [1.807, 2.05) is 13.8 Å². The van der Waals surface area contributed by atoms with Gasteiger partial charge in [0.1, 0.15) is 17.3 Å². The summed E-state index contributed by atoms with van der Waals surface area (Å²) in [6.45, 7) is 17.2. The van der Waals surface area contributed by atoms with E-state index in [2.05, 4.69) is 40.8 Å². The Bertz CT molecular complexity index is 1430. The van der Waals surface area contributed by atoms with Crippen molar-refractivity contribution in [1.29, 1.82) is 0 Å². The molecule has 8 nitrogen and oxygen atoms in total. The summed E-state index contributed by atoms with van der Waals surface area (Å²) >= 11 is 0. The zero-order valence-corrected chi connectivity index (χ0v) is 24.2. The summed E-state index contributed by atoms with van der Waals surface area (Å²) < 4.78 is 29.9. The standard InChI is InChI=1S/C29H30F2N6O2.C2H6/c1-5-36(6-2)17-9-16-32-29-33-25(20-10-7-11-21(19(20)4)28(38)35-39)22-15-14-18(3)37(27(22)34-29)26-23(30)12-8-13-24(26)31;1-2/h7-8,10-15H,3,5-6,9,16-17H2,1-2,4H3,(H,32,33,34);1-2H3. The van der Waals surface area contributed by atoms with Gasteiger partial charge in [-0.3, -0.25) is 9.69 Å². The van der Waals surface area contributed by atoms with Gasteiger partial charge in [0.05, 0.1) is 5.69 Å². The smallest absolute Gasteiger partial charge is 0.317 e. The number of anilines is 3. The highest BCUT2D eigenvalue weighted by molar-refractivity contribution is 5.99. The fraction of sp³-hybridized carbons (Fsp3) is 0.323. The Morgan fingerprint density at radius 2 is 1.71 bits per heavy atom. The van der Waals surface area contributed by atoms with Gasteiger partial charge in [0.15, 0.2) is 5.82 Å². The summed E-state index contributed by atoms with van der Waals surface area (Å²) in [6.07, 6.45) is 4.16. The number of carbonyl (C=O) groups is 1. The summed E-state index contributed by atoms with van der Waals surface area (Å²) in [6, 6.07) is 8.54. The SMILES string of the molecule is C=C1C=Cc2c(-c3cccc(C(=O)N=O)c3C)nc(NCCCN(CC)CC)nc2N1c1c(F)cccc1F.CC. The van der Waals surface area contributed by atoms with Crippen molar-refractivity contribution < 1.29 is 13.6 Å². The summed E-state index contributed by atoms with van der Waals surface area (Å²) in [5, 5.41) is 5.80. The molecule has 1 N–H and O–H groups in total. The first kappa shape index (κ1) is 31.2. The predicted molar refractivity (Wildman–Crippen MR) is 161 cm³/mol. The molecule has 0 aliphatic carbocycles. The van der Waals surface area contributed by atoms with Crippen LogP contribution in [0.25, 0.3) is 17.3 Å². The Morgan fingerprint density at radius 1 is 1.05 bits per heavy atom. The first-order chi connectivity index (χ1) is 19.8. The van der Waals surface area contributed by atoms with Crippen LogP contribution in [0, 0.1) is 23.5 Å². The molecule has 1 amide bonds. The van der Waals surface area contributed by atoms with E-state index in [0.717, 1.165) is 26.1 Å². The van der Waals surface area contributed by atoms with Gasteiger partial charge in [-0.15, -0.1) is 4.91 Å². The molecule has 0 fully saturated rings. The molecule has 0 atom stereocenters. The van der Waals surface area contributed by atoms with Gasteiger partial charge in [-0.25, -0.2) is 13.8 Å². The topological polar surface area (TPSA) is 90.8 Å². The highest BCUT2D eigenvalue weighted by Gasteiger charge is 2.29. The molecule has 4 rings (SSSR count). The Kier molecular flexibility index (Phi) is 10.9. The molecule has 0 saturated heterocycles. The number of carbonyl (C=O) groups excluding carboxylic acids is 1. The van der Waals surface area contributed by atoms with Gasteiger partial charge in [0.2, 0.25) is 5.95 Å². The van der Waals surface area contributed by atoms with Gasteiger partial charge in [-0.1, -0.05) is 52.5 Å². The monoisotopic (exact) mass is 562 g/mol. The van der Waals surface area contributed by atoms with E-state index in [-0.39, 0.29) is 23.0 Å². The number of hydrogen-bond acceptors (Lipinski definition) is 7. The average Bonchev–Trinajstić information content (AvgIpc) is 2.98. The molecule has 216 valence electrons. The summed E-state index contributed by atoms with van der Waals surface area (Å²) in [5.74, 6) is -1.96. The van der Waals surface area contributed by atoms with Crippen LogP contribution in [-0.2, 0) is 0 Å². The molecule has 1 aliphatic rings. The van der Waals surface area contributed by atoms with Crippen LogP contribution in [0.15, 0.2) is 59.9 Å². The maximum absolute atomic E-state index is 15.0. The largest absolute Gasteiger partial charge is 0.354 e. The normalized spacial score (nSPS) is 12.1. The van der Waals surface area contributed by atoms with Crippen molar-refractivity contribution in [3.05, 3.63) is 88.0 Å². The molecule has 0 unspecified atom stereocenters. The minimum atomic E-state index is -0.897. The number of nitrogens with zero attached hydrogens (tertiary/aromatic N) is 5. The Balaban J connectivity index is 0.00000226. The number of aromatic nitrogens is 2. The number of fused-ring (bicyclic) bond motifs is 1. The van der Waals surface area contributed by atoms with E-state index >= 15 is 0 Å². The van der Waals surface area contributed by atoms with Crippen LogP contribution >= 0.6 is 0 Å². The molecule has 0 radical (unpaired) electrons. The van der Waals surface area contributed by atoms with Gasteiger partial charge in [0.25, 0.3) is 0 Å². The van der Waals surface area contributed by atoms with E-state index in [9.17, 15) is 18.5 Å². The number of para-hydroxylation sites is 1. The fourth-order valence-electron chi connectivity index (χ4n) is 4.62. The van der Waals surface area contributed by atoms with E-state index in [1.54, 1.807) is 31.2 Å². The summed E-state index contributed by atoms with van der Waals surface area (Å²) in [5.41, 5.74) is 2.10. The summed E-state index contributed by atoms with van der Waals surface area (Å²) in [4.78, 5) is 36.2. The lowest BCUT2D eigenvalue weighted by Gasteiger charge is -2.30. The number of halogens is 2. The lowest BCUT2D eigenvalue weighted by molar-refractivity contribution is 0.1000. The van der Waals surface area contributed by atoms with Crippen molar-refractivity contribution in [1.82, 2.24) is 14.9 Å². The molecular formula is C31H36F2N6O2. The molecule has 3 aromatic rings. The molecule has 0 bridgehead atoms. The van der Waals surface area contributed by atoms with Crippen LogP contribution in [0.4, 0.5) is 26.2 Å². The van der Waals surface area contributed by atoms with Crippen LogP contribution in [0.2, 0.25) is 0 Å². The molecule has 2 aromatic carbocycles. The van der Waals surface area contributed by atoms with E-state index in [0.29, 0.717) is 34.6 Å². The Morgan fingerprint density at radius 3 is 2.34 bits per heavy atom. The van der Waals surface area contributed by atoms with Gasteiger partial charge < -0.3 is 10.2 Å². The third kappa shape index (κ3) is 6.71. The number of benzene rings is 2. The van der Waals surface area contributed by atoms with Crippen LogP contribution in [0.3, 0.4) is 0 Å². The number of allylic oxidation sites excluding steroid dienone is 1. The zero-order chi connectivity index (χ0) is 30.1. The maximum Gasteiger partial charge on any atom is 0.317 e. The minimum Gasteiger partial charge on any atom is -0.354 e. The van der Waals surface area contributed by atoms with Crippen molar-refractivity contribution in [2.75, 3.05) is 36.4 Å². The number of hydrogen-bond donors (Lipinski definition) is 1. The second-order valence-electron chi connectivity index (χ2n) is 9.05. The molecule has 10 heteroatoms. The van der Waals surface area contributed by atoms with Crippen molar-refractivity contribution in [3.8, 4) is 11.3 Å². The van der Waals surface area contributed by atoms with Crippen LogP contribution in [-0.4, -0.2) is 47.0 Å². The van der Waals surface area contributed by atoms with E-state index in [1.165, 1.54) is 29.2 Å². The van der Waals surface area contributed by atoms with Gasteiger partial charge in [-0.05, 0) is 68.9 Å². The second-order valence-corrected chi connectivity index (χ2v) is 9.05. The third-order valence-corrected chi connectivity index (χ3v) is 6.76. The Hall–Kier alpha value is -4.31. The van der Waals surface area contributed by atoms with Crippen molar-refractivity contribution in [2.24, 2.45) is 5.18 Å². The molecule has 1 aromatic heterocycles. The lowest BCUT2D eigenvalue weighted by atomic mass is 9.95. The molecule has 0 spiro atoms. The molecule has 1 aliphatic heterocycles. The van der Waals surface area contributed by atoms with Crippen molar-refractivity contribution >= 4 is 29.4 Å². The highest BCUT2D eigenvalue weighted by Crippen LogP contribution is 2.42. The number of nitrogens with one attached hydrogen (secondary N) is 1. The number of amides is 1. The highest BCUT2D eigenvalue weighted by atomic mass is 19.1. The van der Waals surface area contributed by atoms with Crippen molar-refractivity contribution in [3.63, 3.8) is 0 Å². The van der Waals surface area contributed by atoms with Gasteiger partial charge in [0, 0.05) is 34.1 Å². The Labute approximate surface area is 239 Å². The van der Waals surface area contributed by atoms with Crippen LogP contribution in [0.1, 0.15) is 55.6 Å². The zero-order valence-electron chi connectivity index (χ0n) is 24.2. The third-order valence-electron chi connectivity index (χ3n) is 6.76. The first-order valence-corrected chi connectivity index (χ1v) is 13.8. The number of rotatable bonds is 10. The first-order valence-electron chi connectivity index (χ1n) is 13.8. The molecule has 41 heavy (non-hydrogen) atoms. The molecular weight excluding hydrogens is 526 g/mol. The second kappa shape index (κ2) is 14.4. The molecule has 0 saturated carbocycles. The van der Waals surface area contributed by atoms with Crippen molar-refractivity contribution in [2.45, 2.75) is 41.0 Å².